The first kappa shape index (κ1) is 15.7. The molecule has 3 heteroatoms. The van der Waals surface area contributed by atoms with E-state index in [-0.39, 0.29) is 0 Å². The SMILES string of the molecule is C=CCCc1ccccc1OCC(O)CNC(C)C. The molecular weight excluding hydrogens is 238 g/mol. The van der Waals surface area contributed by atoms with Gasteiger partial charge < -0.3 is 15.2 Å². The van der Waals surface area contributed by atoms with E-state index in [1.165, 1.54) is 0 Å². The van der Waals surface area contributed by atoms with Gasteiger partial charge in [0.05, 0.1) is 0 Å². The molecule has 0 aliphatic heterocycles. The molecule has 106 valence electrons. The first-order valence-electron chi connectivity index (χ1n) is 6.86. The van der Waals surface area contributed by atoms with E-state index in [0.29, 0.717) is 19.2 Å². The number of benzene rings is 1. The van der Waals surface area contributed by atoms with Gasteiger partial charge in [-0.15, -0.1) is 6.58 Å². The van der Waals surface area contributed by atoms with Crippen molar-refractivity contribution < 1.29 is 9.84 Å². The van der Waals surface area contributed by atoms with Crippen molar-refractivity contribution in [2.75, 3.05) is 13.2 Å². The number of hydrogen-bond donors (Lipinski definition) is 2. The van der Waals surface area contributed by atoms with Crippen LogP contribution >= 0.6 is 0 Å². The second kappa shape index (κ2) is 8.73. The Morgan fingerprint density at radius 1 is 1.37 bits per heavy atom. The van der Waals surface area contributed by atoms with Crippen LogP contribution in [0.5, 0.6) is 5.75 Å². The summed E-state index contributed by atoms with van der Waals surface area (Å²) in [4.78, 5) is 0. The molecule has 0 aromatic heterocycles. The van der Waals surface area contributed by atoms with Crippen LogP contribution in [0, 0.1) is 0 Å². The van der Waals surface area contributed by atoms with Gasteiger partial charge in [-0.1, -0.05) is 38.1 Å². The molecule has 19 heavy (non-hydrogen) atoms. The third-order valence-corrected chi connectivity index (χ3v) is 2.78. The molecule has 0 aliphatic rings. The Hall–Kier alpha value is -1.32. The second-order valence-corrected chi connectivity index (χ2v) is 4.96. The number of para-hydroxylation sites is 1. The average Bonchev–Trinajstić information content (AvgIpc) is 2.41. The molecule has 2 N–H and O–H groups in total. The Morgan fingerprint density at radius 2 is 2.11 bits per heavy atom. The molecule has 0 fully saturated rings. The van der Waals surface area contributed by atoms with Crippen molar-refractivity contribution in [1.82, 2.24) is 5.32 Å². The number of hydrogen-bond acceptors (Lipinski definition) is 3. The summed E-state index contributed by atoms with van der Waals surface area (Å²) in [7, 11) is 0. The van der Waals surface area contributed by atoms with Gasteiger partial charge in [0, 0.05) is 12.6 Å². The molecule has 3 nitrogen and oxygen atoms in total. The van der Waals surface area contributed by atoms with E-state index in [1.54, 1.807) is 0 Å². The van der Waals surface area contributed by atoms with E-state index in [0.717, 1.165) is 24.2 Å². The highest BCUT2D eigenvalue weighted by Crippen LogP contribution is 2.19. The largest absolute Gasteiger partial charge is 0.491 e. The van der Waals surface area contributed by atoms with E-state index < -0.39 is 6.10 Å². The van der Waals surface area contributed by atoms with E-state index in [4.69, 9.17) is 4.74 Å². The maximum atomic E-state index is 9.82. The summed E-state index contributed by atoms with van der Waals surface area (Å²) in [5.41, 5.74) is 1.16. The lowest BCUT2D eigenvalue weighted by molar-refractivity contribution is 0.104. The van der Waals surface area contributed by atoms with Gasteiger partial charge >= 0.3 is 0 Å². The first-order chi connectivity index (χ1) is 9.13. The van der Waals surface area contributed by atoms with Gasteiger partial charge in [0.1, 0.15) is 18.5 Å². The van der Waals surface area contributed by atoms with Gasteiger partial charge in [0.15, 0.2) is 0 Å². The maximum absolute atomic E-state index is 9.82. The van der Waals surface area contributed by atoms with Crippen LogP contribution in [0.1, 0.15) is 25.8 Å². The molecule has 0 saturated heterocycles. The molecular formula is C16H25NO2. The van der Waals surface area contributed by atoms with Crippen LogP contribution in [0.2, 0.25) is 0 Å². The Balaban J connectivity index is 2.45. The second-order valence-electron chi connectivity index (χ2n) is 4.96. The lowest BCUT2D eigenvalue weighted by atomic mass is 10.1. The molecule has 1 atom stereocenters. The van der Waals surface area contributed by atoms with Gasteiger partial charge in [-0.25, -0.2) is 0 Å². The zero-order chi connectivity index (χ0) is 14.1. The van der Waals surface area contributed by atoms with Gasteiger partial charge in [-0.2, -0.15) is 0 Å². The quantitative estimate of drug-likeness (QED) is 0.673. The van der Waals surface area contributed by atoms with Gasteiger partial charge in [-0.3, -0.25) is 0 Å². The summed E-state index contributed by atoms with van der Waals surface area (Å²) < 4.78 is 5.70. The van der Waals surface area contributed by atoms with Crippen LogP contribution in [0.25, 0.3) is 0 Å². The summed E-state index contributed by atoms with van der Waals surface area (Å²) in [5.74, 6) is 0.855. The zero-order valence-electron chi connectivity index (χ0n) is 11.9. The van der Waals surface area contributed by atoms with Crippen LogP contribution in [0.15, 0.2) is 36.9 Å². The Kier molecular flexibility index (Phi) is 7.23. The Labute approximate surface area is 116 Å². The molecule has 0 aliphatic carbocycles. The molecule has 0 bridgehead atoms. The van der Waals surface area contributed by atoms with Crippen LogP contribution in [0.3, 0.4) is 0 Å². The Bertz CT molecular complexity index is 377. The van der Waals surface area contributed by atoms with Crippen molar-refractivity contribution in [1.29, 1.82) is 0 Å². The molecule has 1 aromatic carbocycles. The number of aliphatic hydroxyl groups excluding tert-OH is 1. The fourth-order valence-corrected chi connectivity index (χ4v) is 1.73. The highest BCUT2D eigenvalue weighted by atomic mass is 16.5. The third-order valence-electron chi connectivity index (χ3n) is 2.78. The van der Waals surface area contributed by atoms with Crippen LogP contribution in [-0.4, -0.2) is 30.4 Å². The molecule has 0 amide bonds. The van der Waals surface area contributed by atoms with Crippen molar-refractivity contribution in [3.63, 3.8) is 0 Å². The van der Waals surface area contributed by atoms with Crippen molar-refractivity contribution in [2.45, 2.75) is 38.8 Å². The van der Waals surface area contributed by atoms with Gasteiger partial charge in [0.2, 0.25) is 0 Å². The minimum atomic E-state index is -0.491. The van der Waals surface area contributed by atoms with E-state index in [1.807, 2.05) is 24.3 Å². The standard InChI is InChI=1S/C16H25NO2/c1-4-5-8-14-9-6-7-10-16(14)19-12-15(18)11-17-13(2)3/h4,6-7,9-10,13,15,17-18H,1,5,8,11-12H2,2-3H3. The molecule has 0 heterocycles. The summed E-state index contributed by atoms with van der Waals surface area (Å²) in [6.07, 6.45) is 3.26. The number of aryl methyl sites for hydroxylation is 1. The predicted octanol–water partition coefficient (Wildman–Crippen LogP) is 2.54. The lowest BCUT2D eigenvalue weighted by Gasteiger charge is -2.16. The van der Waals surface area contributed by atoms with Gasteiger partial charge in [-0.05, 0) is 24.5 Å². The number of nitrogens with one attached hydrogen (secondary N) is 1. The molecule has 0 saturated carbocycles. The summed E-state index contributed by atoms with van der Waals surface area (Å²) >= 11 is 0. The average molecular weight is 263 g/mol. The normalized spacial score (nSPS) is 12.4. The van der Waals surface area contributed by atoms with Crippen LogP contribution < -0.4 is 10.1 Å². The smallest absolute Gasteiger partial charge is 0.122 e. The molecule has 1 unspecified atom stereocenters. The minimum absolute atomic E-state index is 0.310. The van der Waals surface area contributed by atoms with Crippen LogP contribution in [0.4, 0.5) is 0 Å². The molecule has 1 aromatic rings. The molecule has 0 spiro atoms. The van der Waals surface area contributed by atoms with E-state index in [2.05, 4.69) is 31.8 Å². The van der Waals surface area contributed by atoms with E-state index >= 15 is 0 Å². The summed E-state index contributed by atoms with van der Waals surface area (Å²) in [6, 6.07) is 8.32. The highest BCUT2D eigenvalue weighted by molar-refractivity contribution is 5.33. The predicted molar refractivity (Wildman–Crippen MR) is 79.6 cm³/mol. The van der Waals surface area contributed by atoms with Crippen molar-refractivity contribution in [3.05, 3.63) is 42.5 Å². The number of aliphatic hydroxyl groups is 1. The fourth-order valence-electron chi connectivity index (χ4n) is 1.73. The minimum Gasteiger partial charge on any atom is -0.491 e. The Morgan fingerprint density at radius 3 is 2.79 bits per heavy atom. The van der Waals surface area contributed by atoms with Gasteiger partial charge in [0.25, 0.3) is 0 Å². The monoisotopic (exact) mass is 263 g/mol. The number of rotatable bonds is 9. The highest BCUT2D eigenvalue weighted by Gasteiger charge is 2.08. The summed E-state index contributed by atoms with van der Waals surface area (Å²) in [5, 5.41) is 13.0. The van der Waals surface area contributed by atoms with Crippen molar-refractivity contribution in [3.8, 4) is 5.75 Å². The number of allylic oxidation sites excluding steroid dienone is 1. The van der Waals surface area contributed by atoms with Crippen molar-refractivity contribution in [2.24, 2.45) is 0 Å². The topological polar surface area (TPSA) is 41.5 Å². The summed E-state index contributed by atoms with van der Waals surface area (Å²) in [6.45, 7) is 8.70. The molecule has 1 rings (SSSR count). The zero-order valence-corrected chi connectivity index (χ0v) is 11.9. The first-order valence-corrected chi connectivity index (χ1v) is 6.86. The lowest BCUT2D eigenvalue weighted by Crippen LogP contribution is -2.35. The number of ether oxygens (including phenoxy) is 1. The third kappa shape index (κ3) is 6.41. The van der Waals surface area contributed by atoms with Crippen molar-refractivity contribution >= 4 is 0 Å². The maximum Gasteiger partial charge on any atom is 0.122 e. The fraction of sp³-hybridized carbons (Fsp3) is 0.500. The van der Waals surface area contributed by atoms with Crippen LogP contribution in [-0.2, 0) is 6.42 Å². The van der Waals surface area contributed by atoms with E-state index in [9.17, 15) is 5.11 Å². The molecule has 0 radical (unpaired) electrons.